The van der Waals surface area contributed by atoms with Crippen molar-refractivity contribution in [1.29, 1.82) is 0 Å². The third-order valence-electron chi connectivity index (χ3n) is 3.31. The Balaban J connectivity index is 2.05. The molecule has 5 nitrogen and oxygen atoms in total. The number of rotatable bonds is 3. The zero-order chi connectivity index (χ0) is 13.1. The summed E-state index contributed by atoms with van der Waals surface area (Å²) in [7, 11) is 1.49. The molecule has 2 atom stereocenters. The maximum Gasteiger partial charge on any atom is 0.229 e. The fourth-order valence-corrected chi connectivity index (χ4v) is 2.22. The molecule has 0 aromatic heterocycles. The predicted molar refractivity (Wildman–Crippen MR) is 68.9 cm³/mol. The average molecular weight is 250 g/mol. The molecule has 0 aliphatic carbocycles. The van der Waals surface area contributed by atoms with Crippen molar-refractivity contribution in [2.24, 2.45) is 5.92 Å². The molecule has 0 radical (unpaired) electrons. The number of phenols is 1. The Morgan fingerprint density at radius 1 is 1.56 bits per heavy atom. The highest BCUT2D eigenvalue weighted by molar-refractivity contribution is 5.93. The third kappa shape index (κ3) is 2.56. The number of ether oxygens (including phenoxy) is 1. The van der Waals surface area contributed by atoms with Gasteiger partial charge in [-0.2, -0.15) is 0 Å². The van der Waals surface area contributed by atoms with Gasteiger partial charge in [-0.05, 0) is 32.0 Å². The van der Waals surface area contributed by atoms with Crippen molar-refractivity contribution >= 4 is 11.6 Å². The molecule has 0 saturated carbocycles. The number of carbonyl (C=O) groups is 1. The first-order valence-corrected chi connectivity index (χ1v) is 6.03. The van der Waals surface area contributed by atoms with Crippen molar-refractivity contribution in [2.75, 3.05) is 19.0 Å². The average Bonchev–Trinajstić information content (AvgIpc) is 2.76. The molecular formula is C13H18N2O3. The fourth-order valence-electron chi connectivity index (χ4n) is 2.22. The van der Waals surface area contributed by atoms with Crippen LogP contribution >= 0.6 is 0 Å². The molecule has 5 heteroatoms. The van der Waals surface area contributed by atoms with Gasteiger partial charge >= 0.3 is 0 Å². The van der Waals surface area contributed by atoms with E-state index < -0.39 is 0 Å². The number of anilines is 1. The molecular weight excluding hydrogens is 232 g/mol. The molecule has 1 aromatic rings. The summed E-state index contributed by atoms with van der Waals surface area (Å²) in [5.74, 6) is 0.378. The molecule has 1 saturated heterocycles. The van der Waals surface area contributed by atoms with Crippen LogP contribution in [0, 0.1) is 5.92 Å². The van der Waals surface area contributed by atoms with Crippen LogP contribution in [-0.2, 0) is 4.79 Å². The van der Waals surface area contributed by atoms with E-state index in [0.717, 1.165) is 13.0 Å². The zero-order valence-electron chi connectivity index (χ0n) is 10.6. The number of amides is 1. The Bertz CT molecular complexity index is 448. The van der Waals surface area contributed by atoms with E-state index in [1.165, 1.54) is 13.2 Å². The summed E-state index contributed by atoms with van der Waals surface area (Å²) in [6.45, 7) is 2.87. The Morgan fingerprint density at radius 3 is 2.89 bits per heavy atom. The van der Waals surface area contributed by atoms with Gasteiger partial charge in [0.25, 0.3) is 0 Å². The molecule has 0 bridgehead atoms. The highest BCUT2D eigenvalue weighted by Crippen LogP contribution is 2.29. The Labute approximate surface area is 106 Å². The van der Waals surface area contributed by atoms with Crippen LogP contribution in [-0.4, -0.2) is 30.7 Å². The lowest BCUT2D eigenvalue weighted by Gasteiger charge is -2.15. The number of aromatic hydroxyl groups is 1. The van der Waals surface area contributed by atoms with Crippen LogP contribution in [0.2, 0.25) is 0 Å². The van der Waals surface area contributed by atoms with E-state index in [9.17, 15) is 9.90 Å². The number of benzene rings is 1. The maximum absolute atomic E-state index is 12.0. The predicted octanol–water partition coefficient (Wildman–Crippen LogP) is 1.34. The lowest BCUT2D eigenvalue weighted by molar-refractivity contribution is -0.119. The number of nitrogens with one attached hydrogen (secondary N) is 2. The number of phenolic OH excluding ortho intramolecular Hbond substituents is 1. The molecule has 2 rings (SSSR count). The number of hydrogen-bond acceptors (Lipinski definition) is 4. The first kappa shape index (κ1) is 12.7. The van der Waals surface area contributed by atoms with Crippen molar-refractivity contribution in [2.45, 2.75) is 19.4 Å². The summed E-state index contributed by atoms with van der Waals surface area (Å²) in [5, 5.41) is 15.7. The summed E-state index contributed by atoms with van der Waals surface area (Å²) in [6.07, 6.45) is 0.842. The minimum absolute atomic E-state index is 0.0166. The van der Waals surface area contributed by atoms with Gasteiger partial charge in [-0.15, -0.1) is 0 Å². The van der Waals surface area contributed by atoms with Crippen LogP contribution < -0.4 is 15.4 Å². The number of hydrogen-bond donors (Lipinski definition) is 3. The molecule has 3 N–H and O–H groups in total. The first-order valence-electron chi connectivity index (χ1n) is 6.03. The molecule has 2 unspecified atom stereocenters. The fraction of sp³-hybridized carbons (Fsp3) is 0.462. The van der Waals surface area contributed by atoms with Crippen molar-refractivity contribution in [3.8, 4) is 11.5 Å². The lowest BCUT2D eigenvalue weighted by Crippen LogP contribution is -2.32. The quantitative estimate of drug-likeness (QED) is 0.757. The van der Waals surface area contributed by atoms with Gasteiger partial charge in [0, 0.05) is 17.8 Å². The Kier molecular flexibility index (Phi) is 3.72. The standard InChI is InChI=1S/C13H18N2O3/c1-8-10(5-6-14-8)13(17)15-9-3-4-12(18-2)11(16)7-9/h3-4,7-8,10,14,16H,5-6H2,1-2H3,(H,15,17). The number of methoxy groups -OCH3 is 1. The normalized spacial score (nSPS) is 22.8. The first-order chi connectivity index (χ1) is 8.61. The SMILES string of the molecule is COc1ccc(NC(=O)C2CCNC2C)cc1O. The second kappa shape index (κ2) is 5.27. The largest absolute Gasteiger partial charge is 0.504 e. The second-order valence-corrected chi connectivity index (χ2v) is 4.51. The van der Waals surface area contributed by atoms with Gasteiger partial charge < -0.3 is 20.5 Å². The topological polar surface area (TPSA) is 70.6 Å². The van der Waals surface area contributed by atoms with E-state index in [1.54, 1.807) is 12.1 Å². The molecule has 1 fully saturated rings. The van der Waals surface area contributed by atoms with Crippen molar-refractivity contribution in [3.05, 3.63) is 18.2 Å². The van der Waals surface area contributed by atoms with E-state index in [0.29, 0.717) is 11.4 Å². The maximum atomic E-state index is 12.0. The molecule has 18 heavy (non-hydrogen) atoms. The second-order valence-electron chi connectivity index (χ2n) is 4.51. The van der Waals surface area contributed by atoms with Crippen molar-refractivity contribution < 1.29 is 14.6 Å². The summed E-state index contributed by atoms with van der Waals surface area (Å²) in [4.78, 5) is 12.0. The Hall–Kier alpha value is -1.75. The van der Waals surface area contributed by atoms with Crippen LogP contribution in [0.4, 0.5) is 5.69 Å². The third-order valence-corrected chi connectivity index (χ3v) is 3.31. The molecule has 1 heterocycles. The molecule has 1 aliphatic rings. The molecule has 1 amide bonds. The van der Waals surface area contributed by atoms with E-state index in [-0.39, 0.29) is 23.6 Å². The summed E-state index contributed by atoms with van der Waals surface area (Å²) < 4.78 is 4.95. The highest BCUT2D eigenvalue weighted by atomic mass is 16.5. The van der Waals surface area contributed by atoms with Gasteiger partial charge in [0.2, 0.25) is 5.91 Å². The van der Waals surface area contributed by atoms with Crippen molar-refractivity contribution in [3.63, 3.8) is 0 Å². The van der Waals surface area contributed by atoms with Crippen LogP contribution in [0.5, 0.6) is 11.5 Å². The monoisotopic (exact) mass is 250 g/mol. The van der Waals surface area contributed by atoms with Crippen LogP contribution in [0.25, 0.3) is 0 Å². The van der Waals surface area contributed by atoms with Crippen LogP contribution in [0.3, 0.4) is 0 Å². The lowest BCUT2D eigenvalue weighted by atomic mass is 10.0. The van der Waals surface area contributed by atoms with Crippen molar-refractivity contribution in [1.82, 2.24) is 5.32 Å². The molecule has 1 aromatic carbocycles. The van der Waals surface area contributed by atoms with E-state index in [1.807, 2.05) is 6.92 Å². The molecule has 1 aliphatic heterocycles. The van der Waals surface area contributed by atoms with Gasteiger partial charge in [-0.1, -0.05) is 0 Å². The summed E-state index contributed by atoms with van der Waals surface area (Å²) in [5.41, 5.74) is 0.581. The van der Waals surface area contributed by atoms with E-state index >= 15 is 0 Å². The molecule has 98 valence electrons. The highest BCUT2D eigenvalue weighted by Gasteiger charge is 2.29. The minimum Gasteiger partial charge on any atom is -0.504 e. The zero-order valence-corrected chi connectivity index (χ0v) is 10.6. The molecule has 0 spiro atoms. The minimum atomic E-state index is -0.0192. The van der Waals surface area contributed by atoms with Gasteiger partial charge in [0.15, 0.2) is 11.5 Å². The smallest absolute Gasteiger partial charge is 0.229 e. The van der Waals surface area contributed by atoms with Gasteiger partial charge in [0.05, 0.1) is 13.0 Å². The van der Waals surface area contributed by atoms with Gasteiger partial charge in [0.1, 0.15) is 0 Å². The van der Waals surface area contributed by atoms with E-state index in [2.05, 4.69) is 10.6 Å². The van der Waals surface area contributed by atoms with Crippen LogP contribution in [0.15, 0.2) is 18.2 Å². The van der Waals surface area contributed by atoms with Crippen LogP contribution in [0.1, 0.15) is 13.3 Å². The summed E-state index contributed by atoms with van der Waals surface area (Å²) in [6, 6.07) is 5.02. The number of carbonyl (C=O) groups excluding carboxylic acids is 1. The Morgan fingerprint density at radius 2 is 2.33 bits per heavy atom. The van der Waals surface area contributed by atoms with Gasteiger partial charge in [-0.3, -0.25) is 4.79 Å². The van der Waals surface area contributed by atoms with E-state index in [4.69, 9.17) is 4.74 Å². The summed E-state index contributed by atoms with van der Waals surface area (Å²) >= 11 is 0. The van der Waals surface area contributed by atoms with Gasteiger partial charge in [-0.25, -0.2) is 0 Å².